The fraction of sp³-hybridized carbons (Fsp3) is 0.316. The number of hydrogen-bond donors (Lipinski definition) is 2. The summed E-state index contributed by atoms with van der Waals surface area (Å²) >= 11 is 0. The van der Waals surface area contributed by atoms with Gasteiger partial charge in [-0.1, -0.05) is 12.1 Å². The summed E-state index contributed by atoms with van der Waals surface area (Å²) in [5.41, 5.74) is 1.85. The van der Waals surface area contributed by atoms with Crippen LogP contribution in [-0.4, -0.2) is 39.3 Å². The summed E-state index contributed by atoms with van der Waals surface area (Å²) < 4.78 is 5.07. The first-order chi connectivity index (χ1) is 12.6. The number of furan rings is 1. The Hall–Kier alpha value is -3.09. The van der Waals surface area contributed by atoms with E-state index in [9.17, 15) is 9.59 Å². The van der Waals surface area contributed by atoms with Crippen molar-refractivity contribution in [1.29, 1.82) is 0 Å². The van der Waals surface area contributed by atoms with Crippen LogP contribution in [0.5, 0.6) is 0 Å². The Labute approximate surface area is 150 Å². The second kappa shape index (κ2) is 6.67. The zero-order chi connectivity index (χ0) is 18.1. The van der Waals surface area contributed by atoms with Crippen molar-refractivity contribution >= 4 is 22.8 Å². The van der Waals surface area contributed by atoms with Crippen molar-refractivity contribution in [2.45, 2.75) is 31.8 Å². The molecule has 2 unspecified atom stereocenters. The fourth-order valence-electron chi connectivity index (χ4n) is 3.43. The van der Waals surface area contributed by atoms with E-state index in [2.05, 4.69) is 15.3 Å². The van der Waals surface area contributed by atoms with E-state index >= 15 is 0 Å². The molecule has 1 saturated heterocycles. The van der Waals surface area contributed by atoms with E-state index in [-0.39, 0.29) is 17.7 Å². The molecule has 2 N–H and O–H groups in total. The molecule has 1 aromatic carbocycles. The third-order valence-corrected chi connectivity index (χ3v) is 4.72. The van der Waals surface area contributed by atoms with Gasteiger partial charge in [-0.25, -0.2) is 4.98 Å². The van der Waals surface area contributed by atoms with Gasteiger partial charge in [-0.2, -0.15) is 0 Å². The number of carbonyl (C=O) groups is 2. The molecule has 0 bridgehead atoms. The summed E-state index contributed by atoms with van der Waals surface area (Å²) in [5.74, 6) is 0.477. The number of fused-ring (bicyclic) bond motifs is 1. The number of carbonyl (C=O) groups excluding carboxylic acids is 2. The number of benzene rings is 1. The van der Waals surface area contributed by atoms with Crippen molar-refractivity contribution in [3.05, 3.63) is 54.2 Å². The lowest BCUT2D eigenvalue weighted by Crippen LogP contribution is -2.46. The van der Waals surface area contributed by atoms with Crippen molar-refractivity contribution in [2.24, 2.45) is 0 Å². The fourth-order valence-corrected chi connectivity index (χ4v) is 3.43. The van der Waals surface area contributed by atoms with Crippen LogP contribution >= 0.6 is 0 Å². The molecule has 3 aromatic rings. The highest BCUT2D eigenvalue weighted by Gasteiger charge is 2.34. The number of nitrogens with one attached hydrogen (secondary N) is 2. The summed E-state index contributed by atoms with van der Waals surface area (Å²) in [6.07, 6.45) is 3.19. The molecule has 26 heavy (non-hydrogen) atoms. The number of rotatable bonds is 4. The first-order valence-corrected chi connectivity index (χ1v) is 8.73. The normalized spacial score (nSPS) is 18.2. The maximum absolute atomic E-state index is 12.9. The SMILES string of the molecule is CC(NC(=O)c1ccco1)C(=O)N1CCCC1c1nc2ccccc2[nH]1. The van der Waals surface area contributed by atoms with Crippen LogP contribution in [-0.2, 0) is 4.79 Å². The molecule has 7 heteroatoms. The topological polar surface area (TPSA) is 91.2 Å². The largest absolute Gasteiger partial charge is 0.459 e. The predicted molar refractivity (Wildman–Crippen MR) is 95.4 cm³/mol. The van der Waals surface area contributed by atoms with Gasteiger partial charge in [0.05, 0.1) is 23.3 Å². The molecule has 1 fully saturated rings. The third-order valence-electron chi connectivity index (χ3n) is 4.72. The second-order valence-electron chi connectivity index (χ2n) is 6.50. The molecular formula is C19H20N4O3. The number of imidazole rings is 1. The van der Waals surface area contributed by atoms with Crippen LogP contribution in [0.2, 0.25) is 0 Å². The van der Waals surface area contributed by atoms with E-state index in [1.54, 1.807) is 24.0 Å². The molecule has 4 rings (SSSR count). The van der Waals surface area contributed by atoms with Gasteiger partial charge in [0.2, 0.25) is 5.91 Å². The van der Waals surface area contributed by atoms with Crippen LogP contribution in [0.15, 0.2) is 47.1 Å². The lowest BCUT2D eigenvalue weighted by molar-refractivity contribution is -0.133. The third kappa shape index (κ3) is 2.96. The zero-order valence-electron chi connectivity index (χ0n) is 14.4. The minimum absolute atomic E-state index is 0.0992. The number of para-hydroxylation sites is 2. The average Bonchev–Trinajstić information content (AvgIpc) is 3.40. The lowest BCUT2D eigenvalue weighted by atomic mass is 10.2. The van der Waals surface area contributed by atoms with Crippen LogP contribution in [0.3, 0.4) is 0 Å². The average molecular weight is 352 g/mol. The second-order valence-corrected chi connectivity index (χ2v) is 6.50. The van der Waals surface area contributed by atoms with Crippen molar-refractivity contribution in [2.75, 3.05) is 6.54 Å². The molecule has 3 heterocycles. The summed E-state index contributed by atoms with van der Waals surface area (Å²) in [6, 6.07) is 10.3. The van der Waals surface area contributed by atoms with Gasteiger partial charge < -0.3 is 19.6 Å². The molecule has 0 aliphatic carbocycles. The van der Waals surface area contributed by atoms with E-state index in [0.29, 0.717) is 6.54 Å². The maximum atomic E-state index is 12.9. The van der Waals surface area contributed by atoms with E-state index in [0.717, 1.165) is 29.7 Å². The van der Waals surface area contributed by atoms with E-state index < -0.39 is 11.9 Å². The summed E-state index contributed by atoms with van der Waals surface area (Å²) in [4.78, 5) is 34.7. The Kier molecular flexibility index (Phi) is 4.20. The molecule has 0 saturated carbocycles. The van der Waals surface area contributed by atoms with Gasteiger partial charge in [-0.15, -0.1) is 0 Å². The minimum Gasteiger partial charge on any atom is -0.459 e. The smallest absolute Gasteiger partial charge is 0.287 e. The zero-order valence-corrected chi connectivity index (χ0v) is 14.4. The molecule has 1 aliphatic heterocycles. The summed E-state index contributed by atoms with van der Waals surface area (Å²) in [6.45, 7) is 2.35. The molecule has 2 aromatic heterocycles. The minimum atomic E-state index is -0.641. The van der Waals surface area contributed by atoms with Gasteiger partial charge in [-0.05, 0) is 44.0 Å². The molecule has 1 aliphatic rings. The molecule has 134 valence electrons. The van der Waals surface area contributed by atoms with Crippen LogP contribution < -0.4 is 5.32 Å². The van der Waals surface area contributed by atoms with Gasteiger partial charge in [0.1, 0.15) is 11.9 Å². The summed E-state index contributed by atoms with van der Waals surface area (Å²) in [5, 5.41) is 2.70. The molecular weight excluding hydrogens is 332 g/mol. The van der Waals surface area contributed by atoms with Gasteiger partial charge >= 0.3 is 0 Å². The van der Waals surface area contributed by atoms with E-state index in [4.69, 9.17) is 4.42 Å². The highest BCUT2D eigenvalue weighted by atomic mass is 16.3. The molecule has 0 radical (unpaired) electrons. The number of hydrogen-bond acceptors (Lipinski definition) is 4. The predicted octanol–water partition coefficient (Wildman–Crippen LogP) is 2.64. The summed E-state index contributed by atoms with van der Waals surface area (Å²) in [7, 11) is 0. The van der Waals surface area contributed by atoms with Gasteiger partial charge in [-0.3, -0.25) is 9.59 Å². The van der Waals surface area contributed by atoms with Gasteiger partial charge in [0.15, 0.2) is 5.76 Å². The van der Waals surface area contributed by atoms with Gasteiger partial charge in [0, 0.05) is 6.54 Å². The maximum Gasteiger partial charge on any atom is 0.287 e. The van der Waals surface area contributed by atoms with Crippen molar-refractivity contribution in [3.63, 3.8) is 0 Å². The quantitative estimate of drug-likeness (QED) is 0.755. The first kappa shape index (κ1) is 16.4. The number of H-pyrrole nitrogens is 1. The number of amides is 2. The number of likely N-dealkylation sites (tertiary alicyclic amines) is 1. The van der Waals surface area contributed by atoms with E-state index in [1.807, 2.05) is 24.3 Å². The molecule has 0 spiro atoms. The van der Waals surface area contributed by atoms with E-state index in [1.165, 1.54) is 6.26 Å². The van der Waals surface area contributed by atoms with Crippen LogP contribution in [0, 0.1) is 0 Å². The number of nitrogens with zero attached hydrogens (tertiary/aromatic N) is 2. The Morgan fingerprint density at radius 1 is 1.31 bits per heavy atom. The van der Waals surface area contributed by atoms with Crippen LogP contribution in [0.1, 0.15) is 42.2 Å². The van der Waals surface area contributed by atoms with Gasteiger partial charge in [0.25, 0.3) is 5.91 Å². The Morgan fingerprint density at radius 3 is 2.92 bits per heavy atom. The lowest BCUT2D eigenvalue weighted by Gasteiger charge is -2.26. The Morgan fingerprint density at radius 2 is 2.15 bits per heavy atom. The monoisotopic (exact) mass is 352 g/mol. The standard InChI is InChI=1S/C19H20N4O3/c1-12(20-18(24)16-9-5-11-26-16)19(25)23-10-4-8-15(23)17-21-13-6-2-3-7-14(13)22-17/h2-3,5-7,9,11-12,15H,4,8,10H2,1H3,(H,20,24)(H,21,22). The highest BCUT2D eigenvalue weighted by Crippen LogP contribution is 2.31. The van der Waals surface area contributed by atoms with Crippen LogP contribution in [0.25, 0.3) is 11.0 Å². The molecule has 2 atom stereocenters. The van der Waals surface area contributed by atoms with Crippen molar-refractivity contribution in [1.82, 2.24) is 20.2 Å². The Bertz CT molecular complexity index is 898. The highest BCUT2D eigenvalue weighted by molar-refractivity contribution is 5.95. The Balaban J connectivity index is 1.50. The molecule has 7 nitrogen and oxygen atoms in total. The van der Waals surface area contributed by atoms with Crippen molar-refractivity contribution in [3.8, 4) is 0 Å². The first-order valence-electron chi connectivity index (χ1n) is 8.73. The molecule has 2 amide bonds. The van der Waals surface area contributed by atoms with Crippen molar-refractivity contribution < 1.29 is 14.0 Å². The number of aromatic amines is 1. The number of aromatic nitrogens is 2. The van der Waals surface area contributed by atoms with Crippen LogP contribution in [0.4, 0.5) is 0 Å².